The highest BCUT2D eigenvalue weighted by Crippen LogP contribution is 2.38. The van der Waals surface area contributed by atoms with Gasteiger partial charge in [0.1, 0.15) is 11.6 Å². The highest BCUT2D eigenvalue weighted by atomic mass is 79.9. The molecule has 1 saturated carbocycles. The molecule has 3 nitrogen and oxygen atoms in total. The fraction of sp³-hybridized carbons (Fsp3) is 0.455. The van der Waals surface area contributed by atoms with E-state index in [0.29, 0.717) is 15.8 Å². The summed E-state index contributed by atoms with van der Waals surface area (Å²) >= 11 is 3.23. The molecule has 1 aliphatic carbocycles. The summed E-state index contributed by atoms with van der Waals surface area (Å²) in [5, 5.41) is 9.70. The summed E-state index contributed by atoms with van der Waals surface area (Å²) in [5.41, 5.74) is 5.78. The second-order valence-electron chi connectivity index (χ2n) is 3.87. The molecule has 0 radical (unpaired) electrons. The topological polar surface area (TPSA) is 55.5 Å². The van der Waals surface area contributed by atoms with E-state index in [1.54, 1.807) is 0 Å². The van der Waals surface area contributed by atoms with Crippen LogP contribution < -0.4 is 10.5 Å². The summed E-state index contributed by atoms with van der Waals surface area (Å²) in [6.07, 6.45) is 1.29. The summed E-state index contributed by atoms with van der Waals surface area (Å²) in [6.45, 7) is 0.0386. The van der Waals surface area contributed by atoms with Crippen LogP contribution in [0.15, 0.2) is 16.6 Å². The van der Waals surface area contributed by atoms with Gasteiger partial charge in [0.25, 0.3) is 0 Å². The highest BCUT2D eigenvalue weighted by Gasteiger charge is 2.27. The third-order valence-electron chi connectivity index (χ3n) is 2.43. The van der Waals surface area contributed by atoms with Crippen molar-refractivity contribution in [1.29, 1.82) is 0 Å². The molecule has 1 aromatic rings. The molecule has 3 N–H and O–H groups in total. The molecule has 0 aromatic heterocycles. The minimum Gasteiger partial charge on any atom is -0.489 e. The molecular formula is C11H13BrFNO2. The number of aliphatic hydroxyl groups is 1. The van der Waals surface area contributed by atoms with Crippen molar-refractivity contribution < 1.29 is 14.2 Å². The molecule has 1 aromatic carbocycles. The summed E-state index contributed by atoms with van der Waals surface area (Å²) < 4.78 is 19.4. The first-order valence-corrected chi connectivity index (χ1v) is 5.95. The molecule has 16 heavy (non-hydrogen) atoms. The van der Waals surface area contributed by atoms with Crippen molar-refractivity contribution in [3.05, 3.63) is 28.0 Å². The molecule has 2 rings (SSSR count). The molecule has 0 saturated heterocycles. The number of hydrogen-bond donors (Lipinski definition) is 2. The zero-order valence-corrected chi connectivity index (χ0v) is 10.2. The van der Waals surface area contributed by atoms with Crippen LogP contribution in [0.2, 0.25) is 0 Å². The first-order valence-electron chi connectivity index (χ1n) is 5.15. The fourth-order valence-corrected chi connectivity index (χ4v) is 1.97. The van der Waals surface area contributed by atoms with Gasteiger partial charge in [0.2, 0.25) is 0 Å². The van der Waals surface area contributed by atoms with Crippen molar-refractivity contribution in [1.82, 2.24) is 0 Å². The second-order valence-corrected chi connectivity index (χ2v) is 4.73. The van der Waals surface area contributed by atoms with Crippen molar-refractivity contribution >= 4 is 15.9 Å². The number of halogens is 2. The first-order chi connectivity index (χ1) is 7.61. The fourth-order valence-electron chi connectivity index (χ4n) is 1.43. The lowest BCUT2D eigenvalue weighted by Gasteiger charge is -2.16. The van der Waals surface area contributed by atoms with Gasteiger partial charge in [0.05, 0.1) is 16.7 Å². The quantitative estimate of drug-likeness (QED) is 0.893. The predicted molar refractivity (Wildman–Crippen MR) is 61.8 cm³/mol. The molecule has 88 valence electrons. The van der Waals surface area contributed by atoms with Crippen LogP contribution in [0.1, 0.15) is 24.5 Å². The molecule has 1 aliphatic rings. The predicted octanol–water partition coefficient (Wildman–Crippen LogP) is 2.12. The lowest BCUT2D eigenvalue weighted by molar-refractivity contribution is 0.177. The monoisotopic (exact) mass is 289 g/mol. The van der Waals surface area contributed by atoms with Crippen LogP contribution in [-0.4, -0.2) is 17.8 Å². The zero-order valence-electron chi connectivity index (χ0n) is 8.62. The van der Waals surface area contributed by atoms with E-state index in [0.717, 1.165) is 12.8 Å². The van der Waals surface area contributed by atoms with Crippen LogP contribution in [0.25, 0.3) is 0 Å². The molecule has 1 fully saturated rings. The van der Waals surface area contributed by atoms with Gasteiger partial charge in [-0.2, -0.15) is 0 Å². The average molecular weight is 290 g/mol. The lowest BCUT2D eigenvalue weighted by Crippen LogP contribution is -2.14. The van der Waals surface area contributed by atoms with Crippen molar-refractivity contribution in [2.75, 3.05) is 6.54 Å². The molecular weight excluding hydrogens is 277 g/mol. The van der Waals surface area contributed by atoms with Crippen LogP contribution in [0.3, 0.4) is 0 Å². The minimum absolute atomic E-state index is 0.0386. The van der Waals surface area contributed by atoms with E-state index < -0.39 is 11.9 Å². The Kier molecular flexibility index (Phi) is 3.47. The number of hydrogen-bond acceptors (Lipinski definition) is 3. The number of benzene rings is 1. The Morgan fingerprint density at radius 3 is 2.81 bits per heavy atom. The molecule has 0 amide bonds. The lowest BCUT2D eigenvalue weighted by atomic mass is 10.1. The number of aliphatic hydroxyl groups excluding tert-OH is 1. The highest BCUT2D eigenvalue weighted by molar-refractivity contribution is 9.10. The maximum Gasteiger partial charge on any atom is 0.139 e. The average Bonchev–Trinajstić information content (AvgIpc) is 3.04. The molecule has 0 aliphatic heterocycles. The van der Waals surface area contributed by atoms with Crippen LogP contribution in [0, 0.1) is 5.82 Å². The van der Waals surface area contributed by atoms with Gasteiger partial charge in [-0.05, 0) is 40.9 Å². The maximum atomic E-state index is 13.2. The smallest absolute Gasteiger partial charge is 0.139 e. The van der Waals surface area contributed by atoms with Crippen LogP contribution in [0.5, 0.6) is 5.75 Å². The van der Waals surface area contributed by atoms with Crippen molar-refractivity contribution in [2.24, 2.45) is 5.73 Å². The summed E-state index contributed by atoms with van der Waals surface area (Å²) in [5.74, 6) is 0.0828. The van der Waals surface area contributed by atoms with Gasteiger partial charge < -0.3 is 15.6 Å². The molecule has 5 heteroatoms. The maximum absolute atomic E-state index is 13.2. The van der Waals surface area contributed by atoms with Crippen LogP contribution >= 0.6 is 15.9 Å². The van der Waals surface area contributed by atoms with E-state index >= 15 is 0 Å². The van der Waals surface area contributed by atoms with Gasteiger partial charge in [-0.25, -0.2) is 4.39 Å². The second kappa shape index (κ2) is 4.69. The van der Waals surface area contributed by atoms with E-state index in [9.17, 15) is 9.50 Å². The van der Waals surface area contributed by atoms with Gasteiger partial charge in [0.15, 0.2) is 0 Å². The molecule has 0 bridgehead atoms. The third kappa shape index (κ3) is 2.53. The normalized spacial score (nSPS) is 17.2. The van der Waals surface area contributed by atoms with Crippen LogP contribution in [-0.2, 0) is 0 Å². The van der Waals surface area contributed by atoms with Gasteiger partial charge in [-0.1, -0.05) is 0 Å². The summed E-state index contributed by atoms with van der Waals surface area (Å²) in [7, 11) is 0. The van der Waals surface area contributed by atoms with Gasteiger partial charge in [0, 0.05) is 12.1 Å². The summed E-state index contributed by atoms with van der Waals surface area (Å²) in [4.78, 5) is 0. The van der Waals surface area contributed by atoms with E-state index in [1.165, 1.54) is 12.1 Å². The largest absolute Gasteiger partial charge is 0.489 e. The third-order valence-corrected chi connectivity index (χ3v) is 3.02. The van der Waals surface area contributed by atoms with E-state index in [2.05, 4.69) is 15.9 Å². The Balaban J connectivity index is 2.36. The Hall–Kier alpha value is -0.650. The van der Waals surface area contributed by atoms with Crippen molar-refractivity contribution in [3.8, 4) is 5.75 Å². The van der Waals surface area contributed by atoms with Gasteiger partial charge in [-0.3, -0.25) is 0 Å². The number of nitrogens with two attached hydrogens (primary N) is 1. The van der Waals surface area contributed by atoms with Crippen molar-refractivity contribution in [2.45, 2.75) is 25.0 Å². The van der Waals surface area contributed by atoms with E-state index in [1.807, 2.05) is 0 Å². The summed E-state index contributed by atoms with van der Waals surface area (Å²) in [6, 6.07) is 2.59. The molecule has 0 spiro atoms. The van der Waals surface area contributed by atoms with Crippen molar-refractivity contribution in [3.63, 3.8) is 0 Å². The molecule has 0 heterocycles. The standard InChI is InChI=1S/C11H13BrFNO2/c12-9-4-6(13)3-8(10(15)5-14)11(9)16-7-1-2-7/h3-4,7,10,15H,1-2,5,14H2. The Morgan fingerprint density at radius 1 is 1.56 bits per heavy atom. The first kappa shape index (κ1) is 11.8. The van der Waals surface area contributed by atoms with E-state index in [4.69, 9.17) is 10.5 Å². The Bertz CT molecular complexity index is 396. The van der Waals surface area contributed by atoms with Gasteiger partial charge >= 0.3 is 0 Å². The number of ether oxygens (including phenoxy) is 1. The van der Waals surface area contributed by atoms with Gasteiger partial charge in [-0.15, -0.1) is 0 Å². The Labute approximate surface area is 102 Å². The SMILES string of the molecule is NCC(O)c1cc(F)cc(Br)c1OC1CC1. The van der Waals surface area contributed by atoms with Crippen LogP contribution in [0.4, 0.5) is 4.39 Å². The Morgan fingerprint density at radius 2 is 2.25 bits per heavy atom. The minimum atomic E-state index is -0.902. The van der Waals surface area contributed by atoms with E-state index in [-0.39, 0.29) is 12.6 Å². The molecule has 1 atom stereocenters. The number of rotatable bonds is 4. The zero-order chi connectivity index (χ0) is 11.7. The molecule has 1 unspecified atom stereocenters.